The van der Waals surface area contributed by atoms with E-state index in [4.69, 9.17) is 4.74 Å². The van der Waals surface area contributed by atoms with Crippen molar-refractivity contribution >= 4 is 17.4 Å². The summed E-state index contributed by atoms with van der Waals surface area (Å²) in [4.78, 5) is 34.6. The summed E-state index contributed by atoms with van der Waals surface area (Å²) >= 11 is 0. The molecule has 0 saturated carbocycles. The number of nitro benzene ring substituents is 1. The van der Waals surface area contributed by atoms with Crippen molar-refractivity contribution in [2.24, 2.45) is 5.92 Å². The van der Waals surface area contributed by atoms with Crippen LogP contribution in [-0.2, 0) is 16.0 Å². The van der Waals surface area contributed by atoms with Gasteiger partial charge in [0, 0.05) is 23.6 Å². The van der Waals surface area contributed by atoms with E-state index in [1.165, 1.54) is 12.1 Å². The van der Waals surface area contributed by atoms with E-state index in [-0.39, 0.29) is 29.8 Å². The van der Waals surface area contributed by atoms with Crippen LogP contribution < -0.4 is 0 Å². The summed E-state index contributed by atoms with van der Waals surface area (Å²) in [5.41, 5.74) is 3.42. The number of benzene rings is 2. The van der Waals surface area contributed by atoms with Crippen LogP contribution >= 0.6 is 0 Å². The Morgan fingerprint density at radius 2 is 1.88 bits per heavy atom. The number of nitrogens with zero attached hydrogens (tertiary/aromatic N) is 1. The third-order valence-electron chi connectivity index (χ3n) is 4.63. The van der Waals surface area contributed by atoms with Gasteiger partial charge in [-0.15, -0.1) is 0 Å². The van der Waals surface area contributed by atoms with E-state index in [9.17, 15) is 19.7 Å². The number of hydrogen-bond donors (Lipinski definition) is 0. The number of ether oxygens (including phenoxy) is 1. The molecule has 134 valence electrons. The van der Waals surface area contributed by atoms with Gasteiger partial charge in [-0.3, -0.25) is 19.7 Å². The van der Waals surface area contributed by atoms with E-state index in [2.05, 4.69) is 0 Å². The Balaban J connectivity index is 1.81. The van der Waals surface area contributed by atoms with Crippen molar-refractivity contribution in [1.29, 1.82) is 0 Å². The van der Waals surface area contributed by atoms with Crippen molar-refractivity contribution < 1.29 is 19.2 Å². The van der Waals surface area contributed by atoms with Gasteiger partial charge in [-0.1, -0.05) is 18.2 Å². The van der Waals surface area contributed by atoms with Gasteiger partial charge < -0.3 is 4.74 Å². The fourth-order valence-corrected chi connectivity index (χ4v) is 3.29. The number of esters is 1. The number of non-ortho nitro benzene ring substituents is 1. The van der Waals surface area contributed by atoms with Gasteiger partial charge in [0.15, 0.2) is 5.78 Å². The second kappa shape index (κ2) is 7.47. The molecule has 2 aromatic carbocycles. The van der Waals surface area contributed by atoms with Crippen molar-refractivity contribution in [3.63, 3.8) is 0 Å². The van der Waals surface area contributed by atoms with E-state index in [1.807, 2.05) is 12.1 Å². The largest absolute Gasteiger partial charge is 0.466 e. The molecule has 6 nitrogen and oxygen atoms in total. The molecule has 0 radical (unpaired) electrons. The molecule has 0 amide bonds. The van der Waals surface area contributed by atoms with Crippen LogP contribution in [0.25, 0.3) is 11.1 Å². The lowest BCUT2D eigenvalue weighted by Crippen LogP contribution is -2.25. The molecule has 1 unspecified atom stereocenters. The minimum Gasteiger partial charge on any atom is -0.466 e. The number of carbonyl (C=O) groups is 2. The van der Waals surface area contributed by atoms with E-state index in [0.717, 1.165) is 16.7 Å². The van der Waals surface area contributed by atoms with Gasteiger partial charge >= 0.3 is 5.97 Å². The monoisotopic (exact) mass is 353 g/mol. The molecule has 0 heterocycles. The van der Waals surface area contributed by atoms with Crippen LogP contribution in [0.3, 0.4) is 0 Å². The number of carbonyl (C=O) groups excluding carboxylic acids is 2. The number of fused-ring (bicyclic) bond motifs is 1. The van der Waals surface area contributed by atoms with Crippen LogP contribution in [-0.4, -0.2) is 23.3 Å². The second-order valence-corrected chi connectivity index (χ2v) is 6.28. The van der Waals surface area contributed by atoms with Gasteiger partial charge in [0.05, 0.1) is 18.0 Å². The minimum absolute atomic E-state index is 0.0189. The molecule has 26 heavy (non-hydrogen) atoms. The fourth-order valence-electron chi connectivity index (χ4n) is 3.29. The Labute approximate surface area is 150 Å². The number of Topliss-reactive ketones (excluding diaryl/α,β-unsaturated/α-hetero) is 1. The number of aryl methyl sites for hydroxylation is 1. The smallest absolute Gasteiger partial charge is 0.306 e. The molecule has 0 N–H and O–H groups in total. The highest BCUT2D eigenvalue weighted by Crippen LogP contribution is 2.32. The van der Waals surface area contributed by atoms with Gasteiger partial charge in [0.2, 0.25) is 0 Å². The summed E-state index contributed by atoms with van der Waals surface area (Å²) in [6, 6.07) is 11.9. The quantitative estimate of drug-likeness (QED) is 0.461. The van der Waals surface area contributed by atoms with Crippen LogP contribution in [0.4, 0.5) is 5.69 Å². The van der Waals surface area contributed by atoms with Gasteiger partial charge in [-0.2, -0.15) is 0 Å². The molecular formula is C20H19NO5. The average Bonchev–Trinajstić information content (AvgIpc) is 2.64. The van der Waals surface area contributed by atoms with Crippen molar-refractivity contribution in [3.8, 4) is 11.1 Å². The molecule has 0 bridgehead atoms. The Morgan fingerprint density at radius 3 is 2.54 bits per heavy atom. The predicted octanol–water partition coefficient (Wildman–Crippen LogP) is 3.96. The van der Waals surface area contributed by atoms with E-state index >= 15 is 0 Å². The molecule has 1 aliphatic carbocycles. The molecular weight excluding hydrogens is 334 g/mol. The molecule has 0 aromatic heterocycles. The summed E-state index contributed by atoms with van der Waals surface area (Å²) in [6.07, 6.45) is 1.45. The van der Waals surface area contributed by atoms with Gasteiger partial charge in [0.25, 0.3) is 5.69 Å². The maximum Gasteiger partial charge on any atom is 0.306 e. The normalized spacial score (nSPS) is 16.0. The molecule has 0 fully saturated rings. The first-order valence-corrected chi connectivity index (χ1v) is 8.57. The number of hydrogen-bond acceptors (Lipinski definition) is 5. The maximum atomic E-state index is 12.6. The molecule has 2 aromatic rings. The van der Waals surface area contributed by atoms with Crippen molar-refractivity contribution in [3.05, 3.63) is 63.7 Å². The lowest BCUT2D eigenvalue weighted by Gasteiger charge is -2.23. The number of ketones is 1. The van der Waals surface area contributed by atoms with Crippen LogP contribution in [0, 0.1) is 16.0 Å². The summed E-state index contributed by atoms with van der Waals surface area (Å²) in [7, 11) is 0. The Morgan fingerprint density at radius 1 is 1.19 bits per heavy atom. The topological polar surface area (TPSA) is 86.5 Å². The Bertz CT molecular complexity index is 857. The lowest BCUT2D eigenvalue weighted by atomic mass is 9.80. The van der Waals surface area contributed by atoms with E-state index < -0.39 is 4.92 Å². The van der Waals surface area contributed by atoms with Crippen LogP contribution in [0.5, 0.6) is 0 Å². The summed E-state index contributed by atoms with van der Waals surface area (Å²) in [6.45, 7) is 2.06. The standard InChI is InChI=1S/C20H19NO5/c1-2-26-19(22)12-16-4-3-15-11-14(7-10-18(15)20(16)23)13-5-8-17(9-6-13)21(24)25/h5-11,16H,2-4,12H2,1H3. The zero-order valence-corrected chi connectivity index (χ0v) is 14.4. The molecule has 0 spiro atoms. The highest BCUT2D eigenvalue weighted by Gasteiger charge is 2.29. The zero-order valence-electron chi connectivity index (χ0n) is 14.4. The van der Waals surface area contributed by atoms with Crippen LogP contribution in [0.2, 0.25) is 0 Å². The third-order valence-corrected chi connectivity index (χ3v) is 4.63. The zero-order chi connectivity index (χ0) is 18.7. The Kier molecular flexibility index (Phi) is 5.11. The predicted molar refractivity (Wildman–Crippen MR) is 95.9 cm³/mol. The molecule has 1 aliphatic rings. The average molecular weight is 353 g/mol. The highest BCUT2D eigenvalue weighted by molar-refractivity contribution is 6.02. The highest BCUT2D eigenvalue weighted by atomic mass is 16.6. The molecule has 3 rings (SSSR count). The van der Waals surface area contributed by atoms with Crippen molar-refractivity contribution in [1.82, 2.24) is 0 Å². The molecule has 0 aliphatic heterocycles. The van der Waals surface area contributed by atoms with Crippen molar-refractivity contribution in [2.45, 2.75) is 26.2 Å². The third kappa shape index (κ3) is 3.64. The first-order valence-electron chi connectivity index (χ1n) is 8.57. The van der Waals surface area contributed by atoms with Gasteiger partial charge in [-0.25, -0.2) is 0 Å². The molecule has 0 saturated heterocycles. The van der Waals surface area contributed by atoms with Crippen LogP contribution in [0.15, 0.2) is 42.5 Å². The van der Waals surface area contributed by atoms with Gasteiger partial charge in [-0.05, 0) is 48.6 Å². The SMILES string of the molecule is CCOC(=O)CC1CCc2cc(-c3ccc([N+](=O)[O-])cc3)ccc2C1=O. The minimum atomic E-state index is -0.432. The summed E-state index contributed by atoms with van der Waals surface area (Å²) in [5, 5.41) is 10.8. The number of nitro groups is 1. The van der Waals surface area contributed by atoms with Crippen molar-refractivity contribution in [2.75, 3.05) is 6.61 Å². The lowest BCUT2D eigenvalue weighted by molar-refractivity contribution is -0.384. The second-order valence-electron chi connectivity index (χ2n) is 6.28. The maximum absolute atomic E-state index is 12.6. The van der Waals surface area contributed by atoms with Gasteiger partial charge in [0.1, 0.15) is 0 Å². The van der Waals surface area contributed by atoms with Crippen LogP contribution in [0.1, 0.15) is 35.7 Å². The van der Waals surface area contributed by atoms with E-state index in [1.54, 1.807) is 25.1 Å². The summed E-state index contributed by atoms with van der Waals surface area (Å²) in [5.74, 6) is -0.682. The number of rotatable bonds is 5. The first kappa shape index (κ1) is 17.8. The van der Waals surface area contributed by atoms with E-state index in [0.29, 0.717) is 25.0 Å². The fraction of sp³-hybridized carbons (Fsp3) is 0.300. The molecule has 6 heteroatoms. The first-order chi connectivity index (χ1) is 12.5. The Hall–Kier alpha value is -3.02. The summed E-state index contributed by atoms with van der Waals surface area (Å²) < 4.78 is 4.95. The molecule has 1 atom stereocenters.